The zero-order valence-electron chi connectivity index (χ0n) is 13.9. The Kier molecular flexibility index (Phi) is 5.49. The van der Waals surface area contributed by atoms with Crippen LogP contribution in [0, 0.1) is 5.92 Å². The highest BCUT2D eigenvalue weighted by Gasteiger charge is 2.22. The van der Waals surface area contributed by atoms with Gasteiger partial charge in [-0.1, -0.05) is 30.3 Å². The third-order valence-electron chi connectivity index (χ3n) is 4.31. The van der Waals surface area contributed by atoms with Crippen molar-refractivity contribution >= 4 is 5.91 Å². The number of nitrogens with one attached hydrogen (secondary N) is 1. The van der Waals surface area contributed by atoms with Gasteiger partial charge in [-0.3, -0.25) is 4.79 Å². The summed E-state index contributed by atoms with van der Waals surface area (Å²) in [6.45, 7) is 3.36. The third-order valence-corrected chi connectivity index (χ3v) is 4.31. The van der Waals surface area contributed by atoms with Gasteiger partial charge in [0.25, 0.3) is 0 Å². The first-order valence-electron chi connectivity index (χ1n) is 8.43. The Bertz CT molecular complexity index is 648. The minimum atomic E-state index is -0.0221. The minimum Gasteiger partial charge on any atom is -0.457 e. The van der Waals surface area contributed by atoms with Crippen LogP contribution in [0.15, 0.2) is 54.6 Å². The van der Waals surface area contributed by atoms with Crippen molar-refractivity contribution < 1.29 is 14.3 Å². The zero-order valence-corrected chi connectivity index (χ0v) is 13.9. The Hall–Kier alpha value is -2.33. The Morgan fingerprint density at radius 3 is 2.33 bits per heavy atom. The molecule has 0 spiro atoms. The standard InChI is InChI=1S/C20H23NO3/c1-15(21-20(22)17-11-13-23-14-12-17)16-7-9-19(10-8-16)24-18-5-3-2-4-6-18/h2-10,15,17H,11-14H2,1H3,(H,21,22)/t15-/m1/s1. The van der Waals surface area contributed by atoms with Crippen LogP contribution in [0.3, 0.4) is 0 Å². The number of amides is 1. The Morgan fingerprint density at radius 2 is 1.67 bits per heavy atom. The second-order valence-electron chi connectivity index (χ2n) is 6.10. The number of carbonyl (C=O) groups is 1. The number of hydrogen-bond acceptors (Lipinski definition) is 3. The number of benzene rings is 2. The summed E-state index contributed by atoms with van der Waals surface area (Å²) in [6.07, 6.45) is 1.62. The van der Waals surface area contributed by atoms with E-state index in [2.05, 4.69) is 5.32 Å². The molecule has 3 rings (SSSR count). The summed E-state index contributed by atoms with van der Waals surface area (Å²) >= 11 is 0. The van der Waals surface area contributed by atoms with Crippen LogP contribution in [0.5, 0.6) is 11.5 Å². The second kappa shape index (κ2) is 7.97. The molecular weight excluding hydrogens is 302 g/mol. The maximum Gasteiger partial charge on any atom is 0.223 e. The summed E-state index contributed by atoms with van der Waals surface area (Å²) < 4.78 is 11.1. The van der Waals surface area contributed by atoms with Gasteiger partial charge in [-0.2, -0.15) is 0 Å². The van der Waals surface area contributed by atoms with Gasteiger partial charge in [-0.05, 0) is 49.6 Å². The monoisotopic (exact) mass is 325 g/mol. The Morgan fingerprint density at radius 1 is 1.04 bits per heavy atom. The molecule has 1 saturated heterocycles. The van der Waals surface area contributed by atoms with Crippen LogP contribution >= 0.6 is 0 Å². The van der Waals surface area contributed by atoms with Gasteiger partial charge in [0, 0.05) is 19.1 Å². The van der Waals surface area contributed by atoms with Crippen molar-refractivity contribution in [2.45, 2.75) is 25.8 Å². The molecule has 0 aromatic heterocycles. The topological polar surface area (TPSA) is 47.6 Å². The van der Waals surface area contributed by atoms with E-state index in [0.717, 1.165) is 29.9 Å². The van der Waals surface area contributed by atoms with E-state index in [4.69, 9.17) is 9.47 Å². The van der Waals surface area contributed by atoms with Crippen LogP contribution in [0.4, 0.5) is 0 Å². The molecule has 1 aliphatic heterocycles. The molecule has 126 valence electrons. The van der Waals surface area contributed by atoms with E-state index < -0.39 is 0 Å². The molecule has 4 nitrogen and oxygen atoms in total. The SMILES string of the molecule is C[C@@H](NC(=O)C1CCOCC1)c1ccc(Oc2ccccc2)cc1. The van der Waals surface area contributed by atoms with Crippen LogP contribution in [0.1, 0.15) is 31.4 Å². The van der Waals surface area contributed by atoms with E-state index >= 15 is 0 Å². The largest absolute Gasteiger partial charge is 0.457 e. The lowest BCUT2D eigenvalue weighted by atomic mass is 9.98. The van der Waals surface area contributed by atoms with Gasteiger partial charge in [-0.15, -0.1) is 0 Å². The van der Waals surface area contributed by atoms with Gasteiger partial charge in [0.1, 0.15) is 11.5 Å². The van der Waals surface area contributed by atoms with Crippen molar-refractivity contribution in [2.75, 3.05) is 13.2 Å². The molecule has 0 radical (unpaired) electrons. The lowest BCUT2D eigenvalue weighted by Crippen LogP contribution is -2.35. The third kappa shape index (κ3) is 4.36. The van der Waals surface area contributed by atoms with E-state index in [1.54, 1.807) is 0 Å². The van der Waals surface area contributed by atoms with Crippen molar-refractivity contribution in [2.24, 2.45) is 5.92 Å². The van der Waals surface area contributed by atoms with E-state index in [0.29, 0.717) is 13.2 Å². The highest BCUT2D eigenvalue weighted by atomic mass is 16.5. The molecule has 2 aromatic rings. The molecule has 4 heteroatoms. The summed E-state index contributed by atoms with van der Waals surface area (Å²) in [5.41, 5.74) is 1.07. The number of carbonyl (C=O) groups excluding carboxylic acids is 1. The van der Waals surface area contributed by atoms with E-state index in [-0.39, 0.29) is 17.9 Å². The molecule has 24 heavy (non-hydrogen) atoms. The van der Waals surface area contributed by atoms with E-state index in [1.807, 2.05) is 61.5 Å². The lowest BCUT2D eigenvalue weighted by Gasteiger charge is -2.23. The predicted octanol–water partition coefficient (Wildman–Crippen LogP) is 4.08. The summed E-state index contributed by atoms with van der Waals surface area (Å²) in [7, 11) is 0. The zero-order chi connectivity index (χ0) is 16.8. The number of rotatable bonds is 5. The quantitative estimate of drug-likeness (QED) is 0.901. The van der Waals surface area contributed by atoms with Crippen LogP contribution in [-0.4, -0.2) is 19.1 Å². The van der Waals surface area contributed by atoms with Gasteiger partial charge >= 0.3 is 0 Å². The number of ether oxygens (including phenoxy) is 2. The maximum absolute atomic E-state index is 12.3. The Labute approximate surface area is 142 Å². The molecule has 1 N–H and O–H groups in total. The van der Waals surface area contributed by atoms with Gasteiger partial charge in [0.05, 0.1) is 6.04 Å². The van der Waals surface area contributed by atoms with E-state index in [1.165, 1.54) is 0 Å². The molecule has 1 aliphatic rings. The molecule has 1 atom stereocenters. The van der Waals surface area contributed by atoms with Crippen molar-refractivity contribution in [3.05, 3.63) is 60.2 Å². The fourth-order valence-corrected chi connectivity index (χ4v) is 2.82. The van der Waals surface area contributed by atoms with Gasteiger partial charge in [0.15, 0.2) is 0 Å². The van der Waals surface area contributed by atoms with Crippen molar-refractivity contribution in [3.8, 4) is 11.5 Å². The van der Waals surface area contributed by atoms with Gasteiger partial charge < -0.3 is 14.8 Å². The van der Waals surface area contributed by atoms with E-state index in [9.17, 15) is 4.79 Å². The van der Waals surface area contributed by atoms with Crippen LogP contribution in [-0.2, 0) is 9.53 Å². The summed E-state index contributed by atoms with van der Waals surface area (Å²) in [5.74, 6) is 1.79. The lowest BCUT2D eigenvalue weighted by molar-refractivity contribution is -0.128. The molecule has 0 bridgehead atoms. The highest BCUT2D eigenvalue weighted by molar-refractivity contribution is 5.79. The molecule has 0 aliphatic carbocycles. The summed E-state index contributed by atoms with van der Waals surface area (Å²) in [4.78, 5) is 12.3. The maximum atomic E-state index is 12.3. The molecule has 2 aromatic carbocycles. The molecular formula is C20H23NO3. The first-order chi connectivity index (χ1) is 11.7. The van der Waals surface area contributed by atoms with Crippen molar-refractivity contribution in [1.29, 1.82) is 0 Å². The second-order valence-corrected chi connectivity index (χ2v) is 6.10. The number of hydrogen-bond donors (Lipinski definition) is 1. The fraction of sp³-hybridized carbons (Fsp3) is 0.350. The smallest absolute Gasteiger partial charge is 0.223 e. The predicted molar refractivity (Wildman–Crippen MR) is 93.1 cm³/mol. The van der Waals surface area contributed by atoms with Crippen LogP contribution in [0.2, 0.25) is 0 Å². The molecule has 1 fully saturated rings. The first kappa shape index (κ1) is 16.5. The van der Waals surface area contributed by atoms with Crippen molar-refractivity contribution in [3.63, 3.8) is 0 Å². The highest BCUT2D eigenvalue weighted by Crippen LogP contribution is 2.24. The van der Waals surface area contributed by atoms with Crippen LogP contribution in [0.25, 0.3) is 0 Å². The van der Waals surface area contributed by atoms with Crippen LogP contribution < -0.4 is 10.1 Å². The molecule has 1 heterocycles. The minimum absolute atomic E-state index is 0.0221. The number of para-hydroxylation sites is 1. The average molecular weight is 325 g/mol. The molecule has 0 saturated carbocycles. The summed E-state index contributed by atoms with van der Waals surface area (Å²) in [5, 5.41) is 3.10. The normalized spacial score (nSPS) is 16.4. The summed E-state index contributed by atoms with van der Waals surface area (Å²) in [6, 6.07) is 17.5. The molecule has 1 amide bonds. The fourth-order valence-electron chi connectivity index (χ4n) is 2.82. The van der Waals surface area contributed by atoms with Gasteiger partial charge in [0.2, 0.25) is 5.91 Å². The molecule has 0 unspecified atom stereocenters. The van der Waals surface area contributed by atoms with Gasteiger partial charge in [-0.25, -0.2) is 0 Å². The average Bonchev–Trinajstić information content (AvgIpc) is 2.64. The first-order valence-corrected chi connectivity index (χ1v) is 8.43. The van der Waals surface area contributed by atoms with Crippen molar-refractivity contribution in [1.82, 2.24) is 5.32 Å². The Balaban J connectivity index is 1.57.